The van der Waals surface area contributed by atoms with Crippen LogP contribution in [0.1, 0.15) is 13.8 Å². The van der Waals surface area contributed by atoms with E-state index >= 15 is 0 Å². The van der Waals surface area contributed by atoms with Crippen LogP contribution in [0.3, 0.4) is 0 Å². The SMILES string of the molecule is CC(C)C(Cl)Cl.[InH3]. The van der Waals surface area contributed by atoms with Gasteiger partial charge in [0.15, 0.2) is 0 Å². The molecule has 0 bridgehead atoms. The molecule has 3 heteroatoms. The topological polar surface area (TPSA) is 0 Å². The second-order valence-electron chi connectivity index (χ2n) is 1.58. The Morgan fingerprint density at radius 3 is 1.29 bits per heavy atom. The minimum absolute atomic E-state index is 0. The summed E-state index contributed by atoms with van der Waals surface area (Å²) >= 11 is 10.8. The standard InChI is InChI=1S/C4H8Cl2.In.3H/c1-3(2)4(5)6;;;;/h3-4H,1-2H3;;;;. The first-order chi connectivity index (χ1) is 2.64. The number of alkyl halides is 2. The van der Waals surface area contributed by atoms with E-state index in [0.29, 0.717) is 5.92 Å². The third kappa shape index (κ3) is 7.45. The molecule has 0 N–H and O–H groups in total. The Bertz CT molecular complexity index is 30.7. The summed E-state index contributed by atoms with van der Waals surface area (Å²) in [5, 5.41) is 0. The molecule has 0 aromatic rings. The van der Waals surface area contributed by atoms with Gasteiger partial charge in [-0.05, 0) is 5.92 Å². The second-order valence-corrected chi connectivity index (χ2v) is 2.74. The zero-order valence-electron chi connectivity index (χ0n) is 3.91. The predicted molar refractivity (Wildman–Crippen MR) is 40.3 cm³/mol. The molecule has 0 aliphatic heterocycles. The van der Waals surface area contributed by atoms with Gasteiger partial charge in [0.25, 0.3) is 0 Å². The van der Waals surface area contributed by atoms with Crippen molar-refractivity contribution in [2.75, 3.05) is 0 Å². The normalized spacial score (nSPS) is 9.43. The van der Waals surface area contributed by atoms with E-state index < -0.39 is 0 Å². The van der Waals surface area contributed by atoms with Crippen molar-refractivity contribution in [1.82, 2.24) is 0 Å². The molecule has 44 valence electrons. The van der Waals surface area contributed by atoms with Crippen molar-refractivity contribution in [1.29, 1.82) is 0 Å². The quantitative estimate of drug-likeness (QED) is 0.610. The van der Waals surface area contributed by atoms with Crippen LogP contribution >= 0.6 is 23.2 Å². The molecule has 0 nitrogen and oxygen atoms in total. The molecule has 0 aliphatic rings. The Kier molecular flexibility index (Phi) is 8.99. The van der Waals surface area contributed by atoms with Gasteiger partial charge in [-0.1, -0.05) is 13.8 Å². The first kappa shape index (κ1) is 11.3. The third-order valence-corrected chi connectivity index (χ3v) is 1.51. The zero-order chi connectivity index (χ0) is 5.15. The molecule has 0 unspecified atom stereocenters. The van der Waals surface area contributed by atoms with Crippen LogP contribution in [0.2, 0.25) is 0 Å². The summed E-state index contributed by atoms with van der Waals surface area (Å²) in [5.41, 5.74) is 0. The van der Waals surface area contributed by atoms with E-state index in [4.69, 9.17) is 23.2 Å². The molecule has 0 amide bonds. The van der Waals surface area contributed by atoms with Crippen LogP contribution in [0, 0.1) is 5.92 Å². The van der Waals surface area contributed by atoms with E-state index in [9.17, 15) is 0 Å². The van der Waals surface area contributed by atoms with Gasteiger partial charge in [0, 0.05) is 0 Å². The average Bonchev–Trinajstić information content (AvgIpc) is 1.36. The van der Waals surface area contributed by atoms with Crippen molar-refractivity contribution in [3.8, 4) is 0 Å². The second kappa shape index (κ2) is 5.58. The van der Waals surface area contributed by atoms with Crippen LogP contribution in [0.5, 0.6) is 0 Å². The van der Waals surface area contributed by atoms with E-state index in [2.05, 4.69) is 0 Å². The molecule has 0 spiro atoms. The van der Waals surface area contributed by atoms with Crippen LogP contribution in [0.4, 0.5) is 0 Å². The zero-order valence-corrected chi connectivity index (χ0v) is 5.42. The van der Waals surface area contributed by atoms with Gasteiger partial charge in [-0.3, -0.25) is 0 Å². The maximum absolute atomic E-state index is 5.38. The molecular formula is C4H11Cl2In. The van der Waals surface area contributed by atoms with Gasteiger partial charge < -0.3 is 0 Å². The van der Waals surface area contributed by atoms with Crippen LogP contribution < -0.4 is 0 Å². The molecule has 0 aliphatic carbocycles. The van der Waals surface area contributed by atoms with Crippen LogP contribution in [-0.4, -0.2) is 30.7 Å². The molecule has 0 aromatic heterocycles. The molecule has 0 saturated heterocycles. The summed E-state index contributed by atoms with van der Waals surface area (Å²) < 4.78 is 0. The van der Waals surface area contributed by atoms with Crippen LogP contribution in [-0.2, 0) is 0 Å². The number of halogens is 2. The molecular weight excluding hydrogens is 234 g/mol. The van der Waals surface area contributed by atoms with Gasteiger partial charge >= 0.3 is 25.8 Å². The number of rotatable bonds is 1. The van der Waals surface area contributed by atoms with Crippen molar-refractivity contribution < 1.29 is 0 Å². The minimum atomic E-state index is -0.204. The fourth-order valence-corrected chi connectivity index (χ4v) is 0. The first-order valence-corrected chi connectivity index (χ1v) is 2.80. The van der Waals surface area contributed by atoms with E-state index in [1.165, 1.54) is 0 Å². The molecule has 0 aromatic carbocycles. The van der Waals surface area contributed by atoms with Gasteiger partial charge in [0.1, 0.15) is 4.84 Å². The van der Waals surface area contributed by atoms with Crippen molar-refractivity contribution in [3.63, 3.8) is 0 Å². The Balaban J connectivity index is 0. The van der Waals surface area contributed by atoms with E-state index in [-0.39, 0.29) is 30.7 Å². The van der Waals surface area contributed by atoms with Gasteiger partial charge in [-0.15, -0.1) is 23.2 Å². The maximum atomic E-state index is 5.38. The molecule has 7 heavy (non-hydrogen) atoms. The van der Waals surface area contributed by atoms with Gasteiger partial charge in [-0.2, -0.15) is 0 Å². The van der Waals surface area contributed by atoms with E-state index in [1.807, 2.05) is 13.8 Å². The average molecular weight is 245 g/mol. The number of hydrogen-bond donors (Lipinski definition) is 0. The van der Waals surface area contributed by atoms with Crippen molar-refractivity contribution >= 4 is 49.0 Å². The summed E-state index contributed by atoms with van der Waals surface area (Å²) in [6.07, 6.45) is 0. The molecule has 0 saturated carbocycles. The van der Waals surface area contributed by atoms with Crippen LogP contribution in [0.15, 0.2) is 0 Å². The van der Waals surface area contributed by atoms with Gasteiger partial charge in [0.05, 0.1) is 0 Å². The fraction of sp³-hybridized carbons (Fsp3) is 1.00. The summed E-state index contributed by atoms with van der Waals surface area (Å²) in [6.45, 7) is 3.95. The van der Waals surface area contributed by atoms with Crippen molar-refractivity contribution in [2.45, 2.75) is 18.7 Å². The molecule has 0 fully saturated rings. The molecule has 0 radical (unpaired) electrons. The monoisotopic (exact) mass is 244 g/mol. The van der Waals surface area contributed by atoms with Crippen molar-refractivity contribution in [2.24, 2.45) is 5.92 Å². The first-order valence-electron chi connectivity index (χ1n) is 1.92. The van der Waals surface area contributed by atoms with E-state index in [1.54, 1.807) is 0 Å². The van der Waals surface area contributed by atoms with Gasteiger partial charge in [0.2, 0.25) is 0 Å². The Morgan fingerprint density at radius 1 is 1.14 bits per heavy atom. The Morgan fingerprint density at radius 2 is 1.29 bits per heavy atom. The Labute approximate surface area is 73.3 Å². The molecule has 0 atom stereocenters. The molecule has 0 rings (SSSR count). The van der Waals surface area contributed by atoms with Gasteiger partial charge in [-0.25, -0.2) is 0 Å². The summed E-state index contributed by atoms with van der Waals surface area (Å²) in [4.78, 5) is -0.204. The fourth-order valence-electron chi connectivity index (χ4n) is 0. The third-order valence-electron chi connectivity index (χ3n) is 0.504. The summed E-state index contributed by atoms with van der Waals surface area (Å²) in [7, 11) is 0. The van der Waals surface area contributed by atoms with Crippen molar-refractivity contribution in [3.05, 3.63) is 0 Å². The van der Waals surface area contributed by atoms with Crippen LogP contribution in [0.25, 0.3) is 0 Å². The summed E-state index contributed by atoms with van der Waals surface area (Å²) in [6, 6.07) is 0. The Hall–Kier alpha value is 1.45. The number of hydrogen-bond acceptors (Lipinski definition) is 0. The summed E-state index contributed by atoms with van der Waals surface area (Å²) in [5.74, 6) is 0.383. The molecule has 0 heterocycles. The predicted octanol–water partition coefficient (Wildman–Crippen LogP) is 1.26. The van der Waals surface area contributed by atoms with E-state index in [0.717, 1.165) is 0 Å².